The molecule has 2 N–H and O–H groups in total. The Bertz CT molecular complexity index is 1880. The summed E-state index contributed by atoms with van der Waals surface area (Å²) in [5, 5.41) is 8.43. The molecule has 1 saturated heterocycles. The predicted molar refractivity (Wildman–Crippen MR) is 169 cm³/mol. The third kappa shape index (κ3) is 6.02. The van der Waals surface area contributed by atoms with Crippen LogP contribution in [-0.2, 0) is 17.7 Å². The zero-order chi connectivity index (χ0) is 29.9. The minimum Gasteiger partial charge on any atom is -0.446 e. The van der Waals surface area contributed by atoms with Gasteiger partial charge in [0.1, 0.15) is 6.10 Å². The van der Waals surface area contributed by atoms with Gasteiger partial charge in [0.25, 0.3) is 0 Å². The van der Waals surface area contributed by atoms with E-state index in [1.165, 1.54) is 5.56 Å². The summed E-state index contributed by atoms with van der Waals surface area (Å²) >= 11 is 0. The van der Waals surface area contributed by atoms with Crippen LogP contribution < -0.4 is 5.32 Å². The number of benzene rings is 2. The van der Waals surface area contributed by atoms with Crippen molar-refractivity contribution in [2.45, 2.75) is 38.8 Å². The molecule has 0 radical (unpaired) electrons. The number of aryl methyl sites for hydroxylation is 1. The highest BCUT2D eigenvalue weighted by Crippen LogP contribution is 2.33. The highest BCUT2D eigenvalue weighted by Gasteiger charge is 2.22. The third-order valence-electron chi connectivity index (χ3n) is 8.13. The van der Waals surface area contributed by atoms with Crippen molar-refractivity contribution in [3.05, 3.63) is 102 Å². The normalized spacial score (nSPS) is 14.3. The summed E-state index contributed by atoms with van der Waals surface area (Å²) in [7, 11) is 0. The van der Waals surface area contributed by atoms with E-state index in [0.29, 0.717) is 13.0 Å². The first-order valence-corrected chi connectivity index (χ1v) is 15.0. The molecule has 7 rings (SSSR count). The zero-order valence-corrected chi connectivity index (χ0v) is 24.6. The molecule has 10 nitrogen and oxygen atoms in total. The number of pyridine rings is 1. The van der Waals surface area contributed by atoms with E-state index in [4.69, 9.17) is 9.72 Å². The number of imidazole rings is 1. The van der Waals surface area contributed by atoms with Gasteiger partial charge in [-0.05, 0) is 37.0 Å². The van der Waals surface area contributed by atoms with Gasteiger partial charge in [0, 0.05) is 73.3 Å². The molecule has 44 heavy (non-hydrogen) atoms. The van der Waals surface area contributed by atoms with Crippen molar-refractivity contribution in [3.8, 4) is 22.4 Å². The van der Waals surface area contributed by atoms with Gasteiger partial charge in [-0.1, -0.05) is 54.6 Å². The molecule has 4 aromatic heterocycles. The first-order chi connectivity index (χ1) is 21.6. The third-order valence-corrected chi connectivity index (χ3v) is 8.13. The number of fused-ring (bicyclic) bond motifs is 3. The molecule has 1 aliphatic rings. The maximum Gasteiger partial charge on any atom is 0.407 e. The molecule has 222 valence electrons. The minimum absolute atomic E-state index is 0.0589. The van der Waals surface area contributed by atoms with Crippen LogP contribution in [0.1, 0.15) is 29.8 Å². The average Bonchev–Trinajstić information content (AvgIpc) is 3.71. The summed E-state index contributed by atoms with van der Waals surface area (Å²) in [4.78, 5) is 31.4. The van der Waals surface area contributed by atoms with E-state index in [2.05, 4.69) is 72.7 Å². The van der Waals surface area contributed by atoms with E-state index in [-0.39, 0.29) is 12.2 Å². The highest BCUT2D eigenvalue weighted by atomic mass is 16.6. The quantitative estimate of drug-likeness (QED) is 0.240. The summed E-state index contributed by atoms with van der Waals surface area (Å²) in [6, 6.07) is 23.2. The number of aromatic amines is 1. The molecule has 0 bridgehead atoms. The van der Waals surface area contributed by atoms with Crippen molar-refractivity contribution in [2.75, 3.05) is 19.6 Å². The second-order valence-electron chi connectivity index (χ2n) is 11.3. The molecule has 1 amide bonds. The van der Waals surface area contributed by atoms with Crippen molar-refractivity contribution in [1.29, 1.82) is 0 Å². The lowest BCUT2D eigenvalue weighted by atomic mass is 9.97. The lowest BCUT2D eigenvalue weighted by Crippen LogP contribution is -2.39. The summed E-state index contributed by atoms with van der Waals surface area (Å²) in [6.45, 7) is 5.09. The van der Waals surface area contributed by atoms with Crippen molar-refractivity contribution < 1.29 is 9.53 Å². The van der Waals surface area contributed by atoms with Gasteiger partial charge in [-0.2, -0.15) is 9.61 Å². The maximum atomic E-state index is 12.2. The number of likely N-dealkylation sites (tertiary alicyclic amines) is 1. The van der Waals surface area contributed by atoms with Crippen LogP contribution in [0.4, 0.5) is 4.79 Å². The number of aromatic nitrogens is 6. The van der Waals surface area contributed by atoms with Crippen LogP contribution >= 0.6 is 0 Å². The number of piperidine rings is 1. The number of H-pyrrole nitrogens is 1. The Labute approximate surface area is 255 Å². The molecule has 2 aromatic carbocycles. The van der Waals surface area contributed by atoms with Gasteiger partial charge >= 0.3 is 6.09 Å². The molecule has 1 aliphatic heterocycles. The molecule has 0 saturated carbocycles. The molecule has 10 heteroatoms. The van der Waals surface area contributed by atoms with Gasteiger partial charge in [0.15, 0.2) is 11.3 Å². The molecule has 0 atom stereocenters. The van der Waals surface area contributed by atoms with E-state index < -0.39 is 0 Å². The Morgan fingerprint density at radius 1 is 1.02 bits per heavy atom. The molecule has 0 unspecified atom stereocenters. The summed E-state index contributed by atoms with van der Waals surface area (Å²) < 4.78 is 7.49. The lowest BCUT2D eigenvalue weighted by molar-refractivity contribution is 0.0488. The number of alkyl carbamates (subject to hydrolysis) is 1. The number of carbonyl (C=O) groups is 1. The van der Waals surface area contributed by atoms with E-state index in [0.717, 1.165) is 82.9 Å². The van der Waals surface area contributed by atoms with Crippen LogP contribution in [-0.4, -0.2) is 66.3 Å². The number of nitrogens with zero attached hydrogens (tertiary/aromatic N) is 6. The van der Waals surface area contributed by atoms with Crippen LogP contribution in [0, 0.1) is 6.92 Å². The van der Waals surface area contributed by atoms with Crippen molar-refractivity contribution in [1.82, 2.24) is 39.8 Å². The van der Waals surface area contributed by atoms with Gasteiger partial charge in [-0.3, -0.25) is 4.90 Å². The van der Waals surface area contributed by atoms with Gasteiger partial charge in [-0.25, -0.2) is 19.7 Å². The highest BCUT2D eigenvalue weighted by molar-refractivity contribution is 5.90. The molecular formula is C34H34N8O2. The summed E-state index contributed by atoms with van der Waals surface area (Å²) in [6.07, 6.45) is 7.20. The summed E-state index contributed by atoms with van der Waals surface area (Å²) in [5.41, 5.74) is 8.84. The number of rotatable bonds is 8. The average molecular weight is 587 g/mol. The topological polar surface area (TPSA) is 113 Å². The van der Waals surface area contributed by atoms with Crippen LogP contribution in [0.25, 0.3) is 39.1 Å². The Morgan fingerprint density at radius 3 is 2.61 bits per heavy atom. The second kappa shape index (κ2) is 12.3. The SMILES string of the molecule is Cc1cc2ncc3cc(-c4ccccc4)c(-c4ccc(CN5CCC(OC(=O)NCCc6cnc[nH]6)CC5)cc4)nc3n2n1. The first kappa shape index (κ1) is 27.7. The smallest absolute Gasteiger partial charge is 0.407 e. The second-order valence-corrected chi connectivity index (χ2v) is 11.3. The lowest BCUT2D eigenvalue weighted by Gasteiger charge is -2.31. The molecular weight excluding hydrogens is 552 g/mol. The van der Waals surface area contributed by atoms with E-state index in [1.807, 2.05) is 41.9 Å². The number of carbonyl (C=O) groups excluding carboxylic acids is 1. The molecule has 0 aliphatic carbocycles. The minimum atomic E-state index is -0.351. The summed E-state index contributed by atoms with van der Waals surface area (Å²) in [5.74, 6) is 0. The Balaban J connectivity index is 1.02. The monoisotopic (exact) mass is 586 g/mol. The Hall–Kier alpha value is -5.09. The van der Waals surface area contributed by atoms with E-state index in [1.54, 1.807) is 12.5 Å². The number of amides is 1. The van der Waals surface area contributed by atoms with Crippen molar-refractivity contribution in [2.24, 2.45) is 0 Å². The number of hydrogen-bond acceptors (Lipinski definition) is 7. The van der Waals surface area contributed by atoms with Gasteiger partial charge in [0.05, 0.1) is 17.7 Å². The maximum absolute atomic E-state index is 12.2. The Kier molecular flexibility index (Phi) is 7.72. The van der Waals surface area contributed by atoms with Crippen molar-refractivity contribution in [3.63, 3.8) is 0 Å². The standard InChI is InChI=1S/C34H34N8O2/c1-23-17-31-37-19-27-18-30(25-5-3-2-4-6-25)32(39-33(27)42(31)40-23)26-9-7-24(8-10-26)21-41-15-12-29(13-16-41)44-34(43)36-14-11-28-20-35-22-38-28/h2-10,17-20,22,29H,11-16,21H2,1H3,(H,35,38)(H,36,43). The molecule has 5 heterocycles. The van der Waals surface area contributed by atoms with Crippen LogP contribution in [0.2, 0.25) is 0 Å². The molecule has 0 spiro atoms. The fraction of sp³-hybridized carbons (Fsp3) is 0.265. The molecule has 1 fully saturated rings. The molecule has 6 aromatic rings. The van der Waals surface area contributed by atoms with Gasteiger partial charge in [0.2, 0.25) is 0 Å². The predicted octanol–water partition coefficient (Wildman–Crippen LogP) is 5.58. The van der Waals surface area contributed by atoms with Crippen LogP contribution in [0.5, 0.6) is 0 Å². The van der Waals surface area contributed by atoms with Gasteiger partial charge < -0.3 is 15.0 Å². The van der Waals surface area contributed by atoms with E-state index >= 15 is 0 Å². The van der Waals surface area contributed by atoms with E-state index in [9.17, 15) is 4.79 Å². The zero-order valence-electron chi connectivity index (χ0n) is 24.6. The van der Waals surface area contributed by atoms with Crippen LogP contribution in [0.15, 0.2) is 85.5 Å². The van der Waals surface area contributed by atoms with Crippen molar-refractivity contribution >= 4 is 22.8 Å². The number of hydrogen-bond donors (Lipinski definition) is 2. The fourth-order valence-electron chi connectivity index (χ4n) is 5.84. The largest absolute Gasteiger partial charge is 0.446 e. The fourth-order valence-corrected chi connectivity index (χ4v) is 5.84. The van der Waals surface area contributed by atoms with Gasteiger partial charge in [-0.15, -0.1) is 0 Å². The first-order valence-electron chi connectivity index (χ1n) is 15.0. The Morgan fingerprint density at radius 2 is 1.84 bits per heavy atom. The number of ether oxygens (including phenoxy) is 1. The van der Waals surface area contributed by atoms with Crippen LogP contribution in [0.3, 0.4) is 0 Å². The number of nitrogens with one attached hydrogen (secondary N) is 2.